The summed E-state index contributed by atoms with van der Waals surface area (Å²) < 4.78 is 88.5. The fourth-order valence-electron chi connectivity index (χ4n) is 15.2. The molecule has 105 heavy (non-hydrogen) atoms. The molecule has 0 aromatic heterocycles. The van der Waals surface area contributed by atoms with Gasteiger partial charge in [0.2, 0.25) is 23.4 Å². The molecule has 5 saturated heterocycles. The van der Waals surface area contributed by atoms with Crippen molar-refractivity contribution in [3.05, 3.63) is 74.4 Å². The second-order valence-corrected chi connectivity index (χ2v) is 28.5. The lowest BCUT2D eigenvalue weighted by molar-refractivity contribution is -0.334. The van der Waals surface area contributed by atoms with Crippen molar-refractivity contribution in [2.24, 2.45) is 5.92 Å². The summed E-state index contributed by atoms with van der Waals surface area (Å²) in [6.45, 7) is 13.5. The number of fused-ring (bicyclic) bond motifs is 5. The van der Waals surface area contributed by atoms with Gasteiger partial charge in [0.25, 0.3) is 0 Å². The third kappa shape index (κ3) is 17.0. The van der Waals surface area contributed by atoms with Crippen molar-refractivity contribution in [3.8, 4) is 51.4 Å². The number of aliphatic hydroxyl groups excluding tert-OH is 8. The van der Waals surface area contributed by atoms with Crippen LogP contribution in [0.1, 0.15) is 133 Å². The highest BCUT2D eigenvalue weighted by Crippen LogP contribution is 2.52. The van der Waals surface area contributed by atoms with Gasteiger partial charge in [-0.25, -0.2) is 0 Å². The second kappa shape index (κ2) is 33.5. The molecule has 5 fully saturated rings. The number of phenols is 2. The maximum Gasteiger partial charge on any atom is 0.220 e. The van der Waals surface area contributed by atoms with Crippen LogP contribution in [-0.2, 0) is 69.8 Å². The Morgan fingerprint density at radius 1 is 0.619 bits per heavy atom. The van der Waals surface area contributed by atoms with E-state index >= 15 is 4.79 Å². The number of benzene rings is 3. The number of rotatable bonds is 20. The normalized spacial score (nSPS) is 34.8. The number of ketones is 2. The van der Waals surface area contributed by atoms with Crippen molar-refractivity contribution in [1.82, 2.24) is 5.32 Å². The van der Waals surface area contributed by atoms with Crippen LogP contribution in [0.25, 0.3) is 21.9 Å². The summed E-state index contributed by atoms with van der Waals surface area (Å²) in [6, 6.07) is 9.60. The number of hydrogen-bond acceptors (Lipinski definition) is 30. The van der Waals surface area contributed by atoms with E-state index in [0.29, 0.717) is 35.7 Å². The highest BCUT2D eigenvalue weighted by molar-refractivity contribution is 6.11. The van der Waals surface area contributed by atoms with Gasteiger partial charge >= 0.3 is 0 Å². The van der Waals surface area contributed by atoms with Crippen LogP contribution in [0.4, 0.5) is 0 Å². The Bertz CT molecular complexity index is 3800. The average Bonchev–Trinajstić information content (AvgIpc) is 0.916. The molecule has 5 aliphatic heterocycles. The van der Waals surface area contributed by atoms with E-state index in [0.717, 1.165) is 16.7 Å². The van der Waals surface area contributed by atoms with Crippen LogP contribution >= 0.6 is 0 Å². The van der Waals surface area contributed by atoms with Crippen molar-refractivity contribution in [3.63, 3.8) is 0 Å². The minimum atomic E-state index is -1.95. The predicted octanol–water partition coefficient (Wildman–Crippen LogP) is 2.62. The third-order valence-corrected chi connectivity index (χ3v) is 21.0. The summed E-state index contributed by atoms with van der Waals surface area (Å²) in [5.41, 5.74) is 1.54. The Labute approximate surface area is 606 Å². The smallest absolute Gasteiger partial charge is 0.220 e. The number of nitrogens with one attached hydrogen (secondary N) is 1. The SMILES string of the molecule is CO[C@H](C(=O)[C@@H](O)[C@@H](C)O)C1Cc2cc3cc(O[C@H]4C[C@@H](O[C@H]5C[C@@H](O)[C@H](O)[C@@H](C)O5)[C@@H](O)[C@@H](C)O4)c(C)c(O)c3c(O)c2C(=O)[C@H]1O[C@H]1C[C@@H](O[C@H]2C[C@@H](O[C@H]3C[C@](C)(O)[C@H](O)[C@@H](C)O3)[C@H](O)[C@@H](C)O2)[C@H](O)[C@@H](C)O1.COc1cc2c(c(OC)c1OC)-c1ccc(OC)c(=O)cc1[C@@H](NC(C)=O)CC2. The first-order valence-electron chi connectivity index (χ1n) is 35.3. The molecular weight excluding hydrogens is 1380 g/mol. The zero-order valence-electron chi connectivity index (χ0n) is 61.2. The number of aryl methyl sites for hydroxylation is 1. The van der Waals surface area contributed by atoms with Crippen molar-refractivity contribution in [2.75, 3.05) is 35.5 Å². The van der Waals surface area contributed by atoms with E-state index in [4.69, 9.17) is 71.1 Å². The number of phenolic OH excluding ortho intramolecular Hbond substituents is 2. The number of aromatic hydroxyl groups is 2. The summed E-state index contributed by atoms with van der Waals surface area (Å²) >= 11 is 0. The van der Waals surface area contributed by atoms with Gasteiger partial charge in [0.15, 0.2) is 54.0 Å². The first kappa shape index (κ1) is 81.0. The summed E-state index contributed by atoms with van der Waals surface area (Å²) in [7, 11) is 7.32. The van der Waals surface area contributed by atoms with Crippen LogP contribution < -0.4 is 34.4 Å². The highest BCUT2D eigenvalue weighted by atomic mass is 16.7. The number of aliphatic hydroxyl groups is 9. The highest BCUT2D eigenvalue weighted by Gasteiger charge is 2.52. The van der Waals surface area contributed by atoms with Crippen LogP contribution in [-0.4, -0.2) is 256 Å². The molecule has 26 atom stereocenters. The van der Waals surface area contributed by atoms with Gasteiger partial charge in [-0.2, -0.15) is 0 Å². The largest absolute Gasteiger partial charge is 0.507 e. The number of carbonyl (C=O) groups excluding carboxylic acids is 3. The molecule has 5 heterocycles. The molecule has 7 aliphatic rings. The van der Waals surface area contributed by atoms with Crippen LogP contribution in [0.3, 0.4) is 0 Å². The summed E-state index contributed by atoms with van der Waals surface area (Å²) in [6.07, 6.45) is -25.7. The maximum absolute atomic E-state index is 15.0. The lowest BCUT2D eigenvalue weighted by Crippen LogP contribution is -2.58. The number of Topliss-reactive ketones (excluding diaryl/α,β-unsaturated/α-hetero) is 2. The first-order valence-corrected chi connectivity index (χ1v) is 35.3. The molecule has 0 spiro atoms. The van der Waals surface area contributed by atoms with Gasteiger partial charge in [0, 0.05) is 63.2 Å². The van der Waals surface area contributed by atoms with E-state index < -0.39 is 176 Å². The van der Waals surface area contributed by atoms with E-state index in [1.165, 1.54) is 67.0 Å². The van der Waals surface area contributed by atoms with Crippen LogP contribution in [0.15, 0.2) is 41.2 Å². The van der Waals surface area contributed by atoms with E-state index in [1.807, 2.05) is 12.1 Å². The monoisotopic (exact) mass is 1480 g/mol. The Balaban J connectivity index is 0.000000339. The van der Waals surface area contributed by atoms with Gasteiger partial charge in [0.05, 0.1) is 112 Å². The van der Waals surface area contributed by atoms with Gasteiger partial charge in [-0.3, -0.25) is 19.2 Å². The van der Waals surface area contributed by atoms with Crippen molar-refractivity contribution >= 4 is 28.2 Å². The molecule has 11 rings (SSSR count). The quantitative estimate of drug-likeness (QED) is 0.0605. The Morgan fingerprint density at radius 3 is 1.70 bits per heavy atom. The molecule has 2 aliphatic carbocycles. The van der Waals surface area contributed by atoms with Crippen LogP contribution in [0, 0.1) is 12.8 Å². The van der Waals surface area contributed by atoms with Crippen molar-refractivity contribution in [1.29, 1.82) is 0 Å². The number of hydrogen-bond donors (Lipinski definition) is 12. The molecule has 31 heteroatoms. The maximum atomic E-state index is 15.0. The Kier molecular flexibility index (Phi) is 25.9. The molecule has 582 valence electrons. The molecule has 0 radical (unpaired) electrons. The molecule has 1 amide bonds. The standard InChI is InChI=1S/C52H76O24.C22H25NO6/c1-18-29(72-34-14-30(43(58)21(4)68-34)73-33-13-28(54)42(57)20(3)67-33)12-26-10-25-11-27(49(66-9)48(63)41(56)19(2)53)50(47(62)39(25)46(61)38(26)40(18)55)76-36-16-31(44(59)23(6)70-36)74-35-15-32(45(60)22(5)69-35)75-37-17-52(8,65)51(64)24(7)71-37;1-12(24)23-16-8-6-13-10-19(27-3)21(28-4)22(29-5)20(13)14-7-9-18(26-2)17(25)11-15(14)16/h10,12,19-24,27-28,30-37,41-45,49-51,53-61,64-65H,11,13-17H2,1-9H3;7,9-11,16H,6,8H2,1-5H3,(H,23,24)/t19-,20-,21-,22-,23-,24-,27?,28-,30-,31-,32-,33+,34+,35+,36+,37+,41+,42-,43+,44-,45-,49+,50+,51-,52+;16-/m10/s1. The first-order chi connectivity index (χ1) is 49.6. The Morgan fingerprint density at radius 2 is 1.16 bits per heavy atom. The number of methoxy groups -OCH3 is 5. The minimum absolute atomic E-state index is 0.0365. The molecule has 4 aromatic rings. The fraction of sp³-hybridized carbons (Fsp3) is 0.649. The fourth-order valence-corrected chi connectivity index (χ4v) is 15.2. The van der Waals surface area contributed by atoms with E-state index in [-0.39, 0.29) is 94.9 Å². The Hall–Kier alpha value is -6.54. The van der Waals surface area contributed by atoms with Gasteiger partial charge in [-0.1, -0.05) is 6.07 Å². The molecule has 1 unspecified atom stereocenters. The number of ether oxygens (including phenoxy) is 15. The van der Waals surface area contributed by atoms with Gasteiger partial charge in [-0.15, -0.1) is 0 Å². The third-order valence-electron chi connectivity index (χ3n) is 21.0. The zero-order chi connectivity index (χ0) is 76.7. The molecule has 0 saturated carbocycles. The van der Waals surface area contributed by atoms with Crippen LogP contribution in [0.2, 0.25) is 0 Å². The summed E-state index contributed by atoms with van der Waals surface area (Å²) in [5.74, 6) is -2.46. The van der Waals surface area contributed by atoms with E-state index in [1.54, 1.807) is 55.1 Å². The van der Waals surface area contributed by atoms with E-state index in [2.05, 4.69) is 5.32 Å². The molecule has 0 bridgehead atoms. The average molecular weight is 1480 g/mol. The second-order valence-electron chi connectivity index (χ2n) is 28.5. The van der Waals surface area contributed by atoms with Gasteiger partial charge < -0.3 is 133 Å². The summed E-state index contributed by atoms with van der Waals surface area (Å²) in [4.78, 5) is 53.4. The molecular formula is C74H101NO30. The lowest BCUT2D eigenvalue weighted by atomic mass is 9.75. The van der Waals surface area contributed by atoms with Crippen molar-refractivity contribution in [2.45, 2.75) is 267 Å². The topological polar surface area (TPSA) is 441 Å². The lowest BCUT2D eigenvalue weighted by Gasteiger charge is -2.46. The van der Waals surface area contributed by atoms with Crippen molar-refractivity contribution < 1.29 is 142 Å². The zero-order valence-corrected chi connectivity index (χ0v) is 61.2. The van der Waals surface area contributed by atoms with Gasteiger partial charge in [-0.05, 0) is 133 Å². The van der Waals surface area contributed by atoms with Gasteiger partial charge in [0.1, 0.15) is 66.1 Å². The minimum Gasteiger partial charge on any atom is -0.507 e. The number of amides is 1. The summed E-state index contributed by atoms with van der Waals surface area (Å²) in [5, 5.41) is 123. The van der Waals surface area contributed by atoms with Crippen LogP contribution in [0.5, 0.6) is 40.2 Å². The molecule has 12 N–H and O–H groups in total. The predicted molar refractivity (Wildman–Crippen MR) is 368 cm³/mol. The molecule has 4 aromatic carbocycles. The van der Waals surface area contributed by atoms with E-state index in [9.17, 15) is 70.6 Å². The number of carbonyl (C=O) groups is 3. The molecule has 31 nitrogen and oxygen atoms in total.